The van der Waals surface area contributed by atoms with E-state index in [-0.39, 0.29) is 0 Å². The zero-order valence-corrected chi connectivity index (χ0v) is 12.3. The molecule has 2 aromatic rings. The molecule has 3 rings (SSSR count). The molecule has 1 aliphatic heterocycles. The van der Waals surface area contributed by atoms with Gasteiger partial charge in [0, 0.05) is 11.6 Å². The van der Waals surface area contributed by atoms with Crippen molar-refractivity contribution in [2.24, 2.45) is 0 Å². The van der Waals surface area contributed by atoms with E-state index in [1.807, 2.05) is 12.3 Å². The Hall–Kier alpha value is -1.33. The van der Waals surface area contributed by atoms with Crippen molar-refractivity contribution in [3.05, 3.63) is 34.6 Å². The SMILES string of the molecule is COc1ccc(-c2cn[nH]c2C2CCCN2)cc1Br. The molecule has 100 valence electrons. The smallest absolute Gasteiger partial charge is 0.133 e. The zero-order valence-electron chi connectivity index (χ0n) is 10.7. The van der Waals surface area contributed by atoms with E-state index in [2.05, 4.69) is 43.6 Å². The monoisotopic (exact) mass is 321 g/mol. The maximum Gasteiger partial charge on any atom is 0.133 e. The van der Waals surface area contributed by atoms with Gasteiger partial charge in [-0.25, -0.2) is 0 Å². The molecule has 0 amide bonds. The van der Waals surface area contributed by atoms with E-state index >= 15 is 0 Å². The van der Waals surface area contributed by atoms with Gasteiger partial charge in [0.1, 0.15) is 5.75 Å². The fourth-order valence-corrected chi connectivity index (χ4v) is 3.10. The van der Waals surface area contributed by atoms with Gasteiger partial charge in [-0.05, 0) is 53.0 Å². The first-order valence-electron chi connectivity index (χ1n) is 6.40. The fraction of sp³-hybridized carbons (Fsp3) is 0.357. The highest BCUT2D eigenvalue weighted by molar-refractivity contribution is 9.10. The van der Waals surface area contributed by atoms with E-state index < -0.39 is 0 Å². The molecule has 0 bridgehead atoms. The van der Waals surface area contributed by atoms with Crippen LogP contribution in [0.3, 0.4) is 0 Å². The van der Waals surface area contributed by atoms with Crippen LogP contribution >= 0.6 is 15.9 Å². The molecular formula is C14H16BrN3O. The number of ether oxygens (including phenoxy) is 1. The van der Waals surface area contributed by atoms with Crippen LogP contribution in [0.2, 0.25) is 0 Å². The van der Waals surface area contributed by atoms with Crippen LogP contribution in [0.1, 0.15) is 24.6 Å². The van der Waals surface area contributed by atoms with Gasteiger partial charge in [-0.2, -0.15) is 5.10 Å². The number of rotatable bonds is 3. The summed E-state index contributed by atoms with van der Waals surface area (Å²) in [5.74, 6) is 0.841. The summed E-state index contributed by atoms with van der Waals surface area (Å²) in [6, 6.07) is 6.49. The summed E-state index contributed by atoms with van der Waals surface area (Å²) in [5, 5.41) is 10.8. The number of nitrogens with zero attached hydrogens (tertiary/aromatic N) is 1. The molecule has 1 aromatic carbocycles. The summed E-state index contributed by atoms with van der Waals surface area (Å²) in [7, 11) is 1.67. The summed E-state index contributed by atoms with van der Waals surface area (Å²) < 4.78 is 6.22. The number of hydrogen-bond donors (Lipinski definition) is 2. The third-order valence-corrected chi connectivity index (χ3v) is 4.16. The summed E-state index contributed by atoms with van der Waals surface area (Å²) in [6.07, 6.45) is 4.27. The molecule has 0 aliphatic carbocycles. The number of H-pyrrole nitrogens is 1. The van der Waals surface area contributed by atoms with Gasteiger partial charge < -0.3 is 10.1 Å². The molecule has 19 heavy (non-hydrogen) atoms. The molecule has 1 saturated heterocycles. The minimum absolute atomic E-state index is 0.387. The molecule has 1 fully saturated rings. The Bertz CT molecular complexity index is 576. The lowest BCUT2D eigenvalue weighted by atomic mass is 10.0. The van der Waals surface area contributed by atoms with Crippen molar-refractivity contribution in [3.63, 3.8) is 0 Å². The van der Waals surface area contributed by atoms with Crippen LogP contribution in [0, 0.1) is 0 Å². The second-order valence-electron chi connectivity index (χ2n) is 4.70. The molecule has 0 radical (unpaired) electrons. The highest BCUT2D eigenvalue weighted by Crippen LogP contribution is 2.34. The highest BCUT2D eigenvalue weighted by atomic mass is 79.9. The largest absolute Gasteiger partial charge is 0.496 e. The van der Waals surface area contributed by atoms with Gasteiger partial charge in [-0.1, -0.05) is 6.07 Å². The van der Waals surface area contributed by atoms with Crippen LogP contribution in [0.25, 0.3) is 11.1 Å². The van der Waals surface area contributed by atoms with Crippen molar-refractivity contribution >= 4 is 15.9 Å². The van der Waals surface area contributed by atoms with Gasteiger partial charge >= 0.3 is 0 Å². The lowest BCUT2D eigenvalue weighted by Crippen LogP contribution is -2.14. The van der Waals surface area contributed by atoms with Gasteiger partial charge in [0.05, 0.1) is 23.5 Å². The van der Waals surface area contributed by atoms with E-state index in [9.17, 15) is 0 Å². The molecule has 1 aromatic heterocycles. The van der Waals surface area contributed by atoms with Gasteiger partial charge in [-0.15, -0.1) is 0 Å². The molecular weight excluding hydrogens is 306 g/mol. The zero-order chi connectivity index (χ0) is 13.2. The number of halogens is 1. The van der Waals surface area contributed by atoms with E-state index in [0.29, 0.717) is 6.04 Å². The Balaban J connectivity index is 1.98. The Labute approximate surface area is 120 Å². The minimum atomic E-state index is 0.387. The third kappa shape index (κ3) is 2.40. The van der Waals surface area contributed by atoms with Crippen molar-refractivity contribution in [2.75, 3.05) is 13.7 Å². The molecule has 5 heteroatoms. The summed E-state index contributed by atoms with van der Waals surface area (Å²) in [4.78, 5) is 0. The second-order valence-corrected chi connectivity index (χ2v) is 5.55. The normalized spacial score (nSPS) is 18.7. The summed E-state index contributed by atoms with van der Waals surface area (Å²) in [5.41, 5.74) is 3.47. The lowest BCUT2D eigenvalue weighted by molar-refractivity contribution is 0.412. The molecule has 1 atom stereocenters. The maximum atomic E-state index is 5.26. The first kappa shape index (κ1) is 12.7. The molecule has 1 aliphatic rings. The van der Waals surface area contributed by atoms with Gasteiger partial charge in [0.25, 0.3) is 0 Å². The molecule has 2 N–H and O–H groups in total. The van der Waals surface area contributed by atoms with Gasteiger partial charge in [0.15, 0.2) is 0 Å². The van der Waals surface area contributed by atoms with E-state index in [1.165, 1.54) is 12.1 Å². The first-order chi connectivity index (χ1) is 9.29. The second kappa shape index (κ2) is 5.35. The fourth-order valence-electron chi connectivity index (χ4n) is 2.56. The Morgan fingerprint density at radius 1 is 1.42 bits per heavy atom. The summed E-state index contributed by atoms with van der Waals surface area (Å²) in [6.45, 7) is 1.08. The average Bonchev–Trinajstić information content (AvgIpc) is 3.09. The quantitative estimate of drug-likeness (QED) is 0.912. The van der Waals surface area contributed by atoms with E-state index in [1.54, 1.807) is 7.11 Å². The lowest BCUT2D eigenvalue weighted by Gasteiger charge is -2.11. The number of aromatic nitrogens is 2. The molecule has 0 saturated carbocycles. The maximum absolute atomic E-state index is 5.26. The number of aromatic amines is 1. The Kier molecular flexibility index (Phi) is 3.57. The van der Waals surface area contributed by atoms with Crippen molar-refractivity contribution in [2.45, 2.75) is 18.9 Å². The van der Waals surface area contributed by atoms with Crippen molar-refractivity contribution in [1.82, 2.24) is 15.5 Å². The topological polar surface area (TPSA) is 49.9 Å². The third-order valence-electron chi connectivity index (χ3n) is 3.54. The Morgan fingerprint density at radius 2 is 2.32 bits per heavy atom. The standard InChI is InChI=1S/C14H16BrN3O/c1-19-13-5-4-9(7-11(13)15)10-8-17-18-14(10)12-3-2-6-16-12/h4-5,7-8,12,16H,2-3,6H2,1H3,(H,17,18). The predicted molar refractivity (Wildman–Crippen MR) is 78.3 cm³/mol. The van der Waals surface area contributed by atoms with Gasteiger partial charge in [-0.3, -0.25) is 5.10 Å². The van der Waals surface area contributed by atoms with Crippen LogP contribution in [0.5, 0.6) is 5.75 Å². The van der Waals surface area contributed by atoms with Crippen LogP contribution in [-0.4, -0.2) is 23.9 Å². The average molecular weight is 322 g/mol. The van der Waals surface area contributed by atoms with Crippen LogP contribution < -0.4 is 10.1 Å². The van der Waals surface area contributed by atoms with E-state index in [0.717, 1.165) is 34.3 Å². The number of benzene rings is 1. The Morgan fingerprint density at radius 3 is 3.00 bits per heavy atom. The van der Waals surface area contributed by atoms with Crippen LogP contribution in [0.15, 0.2) is 28.9 Å². The molecule has 2 heterocycles. The van der Waals surface area contributed by atoms with Crippen LogP contribution in [0.4, 0.5) is 0 Å². The summed E-state index contributed by atoms with van der Waals surface area (Å²) >= 11 is 3.53. The minimum Gasteiger partial charge on any atom is -0.496 e. The number of methoxy groups -OCH3 is 1. The predicted octanol–water partition coefficient (Wildman–Crippen LogP) is 3.27. The van der Waals surface area contributed by atoms with Crippen molar-refractivity contribution in [1.29, 1.82) is 0 Å². The first-order valence-corrected chi connectivity index (χ1v) is 7.19. The van der Waals surface area contributed by atoms with Crippen LogP contribution in [-0.2, 0) is 0 Å². The van der Waals surface area contributed by atoms with Gasteiger partial charge in [0.2, 0.25) is 0 Å². The number of nitrogens with one attached hydrogen (secondary N) is 2. The molecule has 1 unspecified atom stereocenters. The van der Waals surface area contributed by atoms with E-state index in [4.69, 9.17) is 4.74 Å². The molecule has 0 spiro atoms. The molecule has 4 nitrogen and oxygen atoms in total. The number of hydrogen-bond acceptors (Lipinski definition) is 3. The van der Waals surface area contributed by atoms with Crippen molar-refractivity contribution in [3.8, 4) is 16.9 Å². The highest BCUT2D eigenvalue weighted by Gasteiger charge is 2.21. The van der Waals surface area contributed by atoms with Crippen molar-refractivity contribution < 1.29 is 4.74 Å².